The molecule has 0 fully saturated rings. The number of aromatic nitrogens is 1. The maximum absolute atomic E-state index is 15.1. The zero-order chi connectivity index (χ0) is 33.0. The molecular formula is C34H24F2N2O5S3. The monoisotopic (exact) mass is 674 g/mol. The molecule has 2 heterocycles. The quantitative estimate of drug-likeness (QED) is 0.190. The maximum atomic E-state index is 15.1. The second kappa shape index (κ2) is 11.6. The molecule has 0 aliphatic heterocycles. The molecule has 0 unspecified atom stereocenters. The average molecular weight is 675 g/mol. The van der Waals surface area contributed by atoms with Gasteiger partial charge in [-0.25, -0.2) is 29.6 Å². The number of thiophene rings is 1. The van der Waals surface area contributed by atoms with E-state index in [1.165, 1.54) is 30.3 Å². The van der Waals surface area contributed by atoms with E-state index < -0.39 is 38.1 Å². The number of hydrogen-bond donors (Lipinski definition) is 1. The highest BCUT2D eigenvalue weighted by Gasteiger charge is 2.30. The van der Waals surface area contributed by atoms with Gasteiger partial charge in [0.25, 0.3) is 10.0 Å². The van der Waals surface area contributed by atoms with Gasteiger partial charge in [0.2, 0.25) is 0 Å². The molecule has 6 aromatic rings. The lowest BCUT2D eigenvalue weighted by Crippen LogP contribution is -2.14. The maximum Gasteiger partial charge on any atom is 0.268 e. The second-order valence-electron chi connectivity index (χ2n) is 10.7. The summed E-state index contributed by atoms with van der Waals surface area (Å²) in [6.45, 7) is 0.998. The molecule has 46 heavy (non-hydrogen) atoms. The van der Waals surface area contributed by atoms with E-state index in [0.717, 1.165) is 39.3 Å². The zero-order valence-electron chi connectivity index (χ0n) is 24.3. The van der Waals surface area contributed by atoms with Crippen LogP contribution in [0.15, 0.2) is 100 Å². The van der Waals surface area contributed by atoms with E-state index in [0.29, 0.717) is 22.3 Å². The van der Waals surface area contributed by atoms with E-state index in [4.69, 9.17) is 0 Å². The SMILES string of the molecule is Cc1ccc(S(=O)(=O)n2c(-c3cccc(-c4cc(F)c(CO)c(S(C)(=O)=O)c4)c3)c(-c3ccsc3C#N)c3cc(F)ccc32)cc1. The minimum Gasteiger partial charge on any atom is -0.392 e. The molecule has 232 valence electrons. The second-order valence-corrected chi connectivity index (χ2v) is 15.4. The van der Waals surface area contributed by atoms with Gasteiger partial charge in [0.1, 0.15) is 22.6 Å². The molecule has 12 heteroatoms. The van der Waals surface area contributed by atoms with Crippen LogP contribution < -0.4 is 0 Å². The molecular weight excluding hydrogens is 651 g/mol. The summed E-state index contributed by atoms with van der Waals surface area (Å²) in [7, 11) is -8.27. The highest BCUT2D eigenvalue weighted by Crippen LogP contribution is 2.46. The van der Waals surface area contributed by atoms with Crippen LogP contribution in [0.1, 0.15) is 16.0 Å². The fourth-order valence-electron chi connectivity index (χ4n) is 5.54. The summed E-state index contributed by atoms with van der Waals surface area (Å²) in [5.74, 6) is -1.53. The highest BCUT2D eigenvalue weighted by atomic mass is 32.2. The van der Waals surface area contributed by atoms with Crippen molar-refractivity contribution in [1.29, 1.82) is 5.26 Å². The zero-order valence-corrected chi connectivity index (χ0v) is 26.8. The molecule has 4 aromatic carbocycles. The van der Waals surface area contributed by atoms with Gasteiger partial charge in [0.15, 0.2) is 9.84 Å². The fraction of sp³-hybridized carbons (Fsp3) is 0.0882. The van der Waals surface area contributed by atoms with Crippen LogP contribution in [0.2, 0.25) is 0 Å². The molecule has 0 aliphatic carbocycles. The lowest BCUT2D eigenvalue weighted by atomic mass is 9.96. The van der Waals surface area contributed by atoms with Crippen LogP contribution in [-0.4, -0.2) is 32.2 Å². The molecule has 7 nitrogen and oxygen atoms in total. The van der Waals surface area contributed by atoms with Gasteiger partial charge in [-0.2, -0.15) is 5.26 Å². The van der Waals surface area contributed by atoms with E-state index in [9.17, 15) is 31.6 Å². The van der Waals surface area contributed by atoms with Crippen LogP contribution in [0.25, 0.3) is 44.4 Å². The smallest absolute Gasteiger partial charge is 0.268 e. The molecule has 0 bridgehead atoms. The van der Waals surface area contributed by atoms with Crippen molar-refractivity contribution in [2.24, 2.45) is 0 Å². The molecule has 1 N–H and O–H groups in total. The topological polar surface area (TPSA) is 117 Å². The number of nitriles is 1. The number of hydrogen-bond acceptors (Lipinski definition) is 7. The van der Waals surface area contributed by atoms with Crippen LogP contribution in [0.3, 0.4) is 0 Å². The van der Waals surface area contributed by atoms with Crippen molar-refractivity contribution in [2.45, 2.75) is 23.3 Å². The Balaban J connectivity index is 1.73. The van der Waals surface area contributed by atoms with E-state index in [1.807, 2.05) is 6.92 Å². The summed E-state index contributed by atoms with van der Waals surface area (Å²) in [4.78, 5) is -0.110. The lowest BCUT2D eigenvalue weighted by molar-refractivity contribution is 0.272. The number of aliphatic hydroxyl groups is 1. The molecule has 0 spiro atoms. The van der Waals surface area contributed by atoms with Crippen LogP contribution in [0.5, 0.6) is 0 Å². The Labute approximate surface area is 268 Å². The third-order valence-corrected chi connectivity index (χ3v) is 11.4. The van der Waals surface area contributed by atoms with Gasteiger partial charge in [-0.15, -0.1) is 11.3 Å². The van der Waals surface area contributed by atoms with Gasteiger partial charge in [-0.1, -0.05) is 35.9 Å². The molecule has 0 saturated carbocycles. The van der Waals surface area contributed by atoms with E-state index >= 15 is 4.39 Å². The molecule has 0 amide bonds. The predicted molar refractivity (Wildman–Crippen MR) is 174 cm³/mol. The molecule has 0 atom stereocenters. The van der Waals surface area contributed by atoms with Crippen molar-refractivity contribution >= 4 is 42.1 Å². The Morgan fingerprint density at radius 1 is 0.891 bits per heavy atom. The first-order valence-corrected chi connectivity index (χ1v) is 17.9. The summed E-state index contributed by atoms with van der Waals surface area (Å²) in [6, 6.07) is 22.6. The number of halogens is 2. The van der Waals surface area contributed by atoms with E-state index in [1.54, 1.807) is 47.8 Å². The van der Waals surface area contributed by atoms with Crippen molar-refractivity contribution in [1.82, 2.24) is 3.97 Å². The summed E-state index contributed by atoms with van der Waals surface area (Å²) in [6.07, 6.45) is 0.911. The van der Waals surface area contributed by atoms with Crippen LogP contribution >= 0.6 is 11.3 Å². The Morgan fingerprint density at radius 2 is 1.61 bits per heavy atom. The number of nitrogens with zero attached hydrogens (tertiary/aromatic N) is 2. The largest absolute Gasteiger partial charge is 0.392 e. The van der Waals surface area contributed by atoms with Gasteiger partial charge in [-0.05, 0) is 78.0 Å². The Bertz CT molecular complexity index is 2440. The first-order chi connectivity index (χ1) is 21.8. The number of sulfone groups is 1. The third kappa shape index (κ3) is 5.31. The van der Waals surface area contributed by atoms with Gasteiger partial charge < -0.3 is 5.11 Å². The predicted octanol–water partition coefficient (Wildman–Crippen LogP) is 7.29. The van der Waals surface area contributed by atoms with Gasteiger partial charge in [0, 0.05) is 33.9 Å². The molecule has 0 saturated heterocycles. The number of rotatable bonds is 7. The fourth-order valence-corrected chi connectivity index (χ4v) is 8.72. The number of fused-ring (bicyclic) bond motifs is 1. The Kier molecular flexibility index (Phi) is 7.90. The van der Waals surface area contributed by atoms with Crippen molar-refractivity contribution in [3.05, 3.63) is 118 Å². The number of aliphatic hydroxyl groups excluding tert-OH is 1. The average Bonchev–Trinajstić information content (AvgIpc) is 3.62. The summed E-state index contributed by atoms with van der Waals surface area (Å²) in [5, 5.41) is 21.5. The summed E-state index contributed by atoms with van der Waals surface area (Å²) < 4.78 is 85.0. The third-order valence-electron chi connectivity index (χ3n) is 7.66. The van der Waals surface area contributed by atoms with E-state index in [2.05, 4.69) is 6.07 Å². The number of benzene rings is 4. The normalized spacial score (nSPS) is 12.0. The molecule has 0 radical (unpaired) electrons. The first-order valence-electron chi connectivity index (χ1n) is 13.7. The van der Waals surface area contributed by atoms with Crippen molar-refractivity contribution in [2.75, 3.05) is 6.26 Å². The van der Waals surface area contributed by atoms with Crippen LogP contribution in [0, 0.1) is 29.9 Å². The molecule has 6 rings (SSSR count). The minimum absolute atomic E-state index is 0.0198. The summed E-state index contributed by atoms with van der Waals surface area (Å²) in [5.41, 5.74) is 2.33. The van der Waals surface area contributed by atoms with Crippen LogP contribution in [0.4, 0.5) is 8.78 Å². The van der Waals surface area contributed by atoms with Crippen LogP contribution in [-0.2, 0) is 26.5 Å². The van der Waals surface area contributed by atoms with Gasteiger partial charge in [-0.3, -0.25) is 0 Å². The minimum atomic E-state index is -4.34. The summed E-state index contributed by atoms with van der Waals surface area (Å²) >= 11 is 1.15. The van der Waals surface area contributed by atoms with Crippen molar-refractivity contribution in [3.8, 4) is 39.6 Å². The highest BCUT2D eigenvalue weighted by molar-refractivity contribution is 7.90. The van der Waals surface area contributed by atoms with Crippen molar-refractivity contribution in [3.63, 3.8) is 0 Å². The standard InChI is InChI=1S/C34H24F2N2O5S3/c1-20-6-9-25(10-7-20)46(42,43)38-30-11-8-24(35)17-27(30)33(26-12-13-44-31(26)18-37)34(38)22-5-3-4-21(14-22)23-15-29(36)28(19-39)32(16-23)45(2,40)41/h3-17,39H,19H2,1-2H3. The Morgan fingerprint density at radius 3 is 2.28 bits per heavy atom. The number of aryl methyl sites for hydroxylation is 1. The lowest BCUT2D eigenvalue weighted by Gasteiger charge is -2.15. The molecule has 2 aromatic heterocycles. The van der Waals surface area contributed by atoms with Gasteiger partial charge in [0.05, 0.1) is 27.6 Å². The van der Waals surface area contributed by atoms with E-state index in [-0.39, 0.29) is 42.4 Å². The Hall–Kier alpha value is -4.67. The van der Waals surface area contributed by atoms with Crippen molar-refractivity contribution < 1.29 is 30.7 Å². The molecule has 0 aliphatic rings. The first kappa shape index (κ1) is 31.3. The van der Waals surface area contributed by atoms with Gasteiger partial charge >= 0.3 is 0 Å².